The predicted octanol–water partition coefficient (Wildman–Crippen LogP) is 3.13. The van der Waals surface area contributed by atoms with Crippen molar-refractivity contribution < 1.29 is 18.0 Å². The third kappa shape index (κ3) is 4.96. The van der Waals surface area contributed by atoms with Gasteiger partial charge >= 0.3 is 6.18 Å². The molecule has 1 fully saturated rings. The molecule has 1 amide bonds. The Hall–Kier alpha value is -2.64. The van der Waals surface area contributed by atoms with Gasteiger partial charge in [0.2, 0.25) is 5.91 Å². The number of aryl methyl sites for hydroxylation is 1. The number of nitrogens with one attached hydrogen (secondary N) is 1. The van der Waals surface area contributed by atoms with E-state index in [-0.39, 0.29) is 17.8 Å². The molecule has 0 saturated carbocycles. The molecular weight excluding hydrogens is 357 g/mol. The molecule has 0 bridgehead atoms. The molecule has 0 spiro atoms. The van der Waals surface area contributed by atoms with Crippen LogP contribution in [0.5, 0.6) is 0 Å². The van der Waals surface area contributed by atoms with Gasteiger partial charge in [0, 0.05) is 25.2 Å². The van der Waals surface area contributed by atoms with Crippen LogP contribution in [0.2, 0.25) is 0 Å². The summed E-state index contributed by atoms with van der Waals surface area (Å²) < 4.78 is 38.4. The van der Waals surface area contributed by atoms with Gasteiger partial charge < -0.3 is 10.2 Å². The summed E-state index contributed by atoms with van der Waals surface area (Å²) in [5, 5.41) is 3.02. The van der Waals surface area contributed by atoms with E-state index in [2.05, 4.69) is 15.3 Å². The van der Waals surface area contributed by atoms with Crippen LogP contribution < -0.4 is 10.2 Å². The fourth-order valence-electron chi connectivity index (χ4n) is 3.19. The average molecular weight is 378 g/mol. The molecule has 1 aromatic heterocycles. The summed E-state index contributed by atoms with van der Waals surface area (Å²) in [6, 6.07) is 8.73. The van der Waals surface area contributed by atoms with E-state index in [1.54, 1.807) is 4.90 Å². The van der Waals surface area contributed by atoms with Crippen LogP contribution in [0.25, 0.3) is 0 Å². The second-order valence-electron chi connectivity index (χ2n) is 6.69. The van der Waals surface area contributed by atoms with Gasteiger partial charge in [0.25, 0.3) is 0 Å². The van der Waals surface area contributed by atoms with Crippen LogP contribution in [-0.4, -0.2) is 35.0 Å². The number of alkyl halides is 3. The van der Waals surface area contributed by atoms with Crippen molar-refractivity contribution in [2.75, 3.05) is 18.0 Å². The van der Waals surface area contributed by atoms with Crippen LogP contribution in [0.3, 0.4) is 0 Å². The van der Waals surface area contributed by atoms with E-state index in [0.29, 0.717) is 32.4 Å². The van der Waals surface area contributed by atoms with Gasteiger partial charge in [-0.25, -0.2) is 9.97 Å². The number of carbonyl (C=O) groups is 1. The predicted molar refractivity (Wildman–Crippen MR) is 95.3 cm³/mol. The topological polar surface area (TPSA) is 58.1 Å². The maximum atomic E-state index is 12.8. The van der Waals surface area contributed by atoms with Gasteiger partial charge in [0.15, 0.2) is 0 Å². The molecule has 2 aromatic rings. The molecule has 5 nitrogen and oxygen atoms in total. The van der Waals surface area contributed by atoms with Crippen LogP contribution in [0.15, 0.2) is 36.7 Å². The van der Waals surface area contributed by atoms with Crippen LogP contribution >= 0.6 is 0 Å². The molecule has 2 heterocycles. The van der Waals surface area contributed by atoms with E-state index in [1.165, 1.54) is 0 Å². The summed E-state index contributed by atoms with van der Waals surface area (Å²) in [6.45, 7) is 3.03. The number of hydrogen-bond acceptors (Lipinski definition) is 4. The molecule has 8 heteroatoms. The number of piperidine rings is 1. The molecular formula is C19H21F3N4O. The lowest BCUT2D eigenvalue weighted by atomic mass is 10.0. The highest BCUT2D eigenvalue weighted by Gasteiger charge is 2.33. The number of carbonyl (C=O) groups excluding carboxylic acids is 1. The minimum atomic E-state index is -4.49. The Balaban J connectivity index is 1.53. The number of benzene rings is 1. The Morgan fingerprint density at radius 1 is 1.22 bits per heavy atom. The van der Waals surface area contributed by atoms with Crippen LogP contribution in [0, 0.1) is 6.92 Å². The lowest BCUT2D eigenvalue weighted by molar-refractivity contribution is -0.141. The first-order valence-electron chi connectivity index (χ1n) is 8.81. The minimum absolute atomic E-state index is 0.0155. The van der Waals surface area contributed by atoms with Gasteiger partial charge in [0.1, 0.15) is 17.8 Å². The van der Waals surface area contributed by atoms with Crippen LogP contribution in [0.4, 0.5) is 19.0 Å². The van der Waals surface area contributed by atoms with Crippen molar-refractivity contribution in [3.05, 3.63) is 53.5 Å². The van der Waals surface area contributed by atoms with E-state index in [0.717, 1.165) is 23.5 Å². The molecule has 0 radical (unpaired) electrons. The summed E-state index contributed by atoms with van der Waals surface area (Å²) in [7, 11) is 0. The van der Waals surface area contributed by atoms with Gasteiger partial charge in [-0.1, -0.05) is 24.3 Å². The Morgan fingerprint density at radius 3 is 2.59 bits per heavy atom. The monoisotopic (exact) mass is 378 g/mol. The fraction of sp³-hybridized carbons (Fsp3) is 0.421. The van der Waals surface area contributed by atoms with E-state index < -0.39 is 11.9 Å². The summed E-state index contributed by atoms with van der Waals surface area (Å²) in [6.07, 6.45) is -1.91. The number of rotatable bonds is 4. The first-order valence-corrected chi connectivity index (χ1v) is 8.81. The van der Waals surface area contributed by atoms with Crippen LogP contribution in [0.1, 0.15) is 29.7 Å². The third-order valence-corrected chi connectivity index (χ3v) is 4.74. The molecule has 1 N–H and O–H groups in total. The highest BCUT2D eigenvalue weighted by atomic mass is 19.4. The number of aromatic nitrogens is 2. The lowest BCUT2D eigenvalue weighted by Crippen LogP contribution is -2.45. The first kappa shape index (κ1) is 19.1. The number of halogens is 3. The molecule has 27 heavy (non-hydrogen) atoms. The van der Waals surface area contributed by atoms with E-state index in [9.17, 15) is 18.0 Å². The van der Waals surface area contributed by atoms with Gasteiger partial charge in [-0.2, -0.15) is 13.2 Å². The average Bonchev–Trinajstić information content (AvgIpc) is 2.64. The van der Waals surface area contributed by atoms with Crippen molar-refractivity contribution in [2.24, 2.45) is 0 Å². The van der Waals surface area contributed by atoms with Crippen molar-refractivity contribution in [3.8, 4) is 0 Å². The Bertz CT molecular complexity index is 802. The fourth-order valence-corrected chi connectivity index (χ4v) is 3.19. The van der Waals surface area contributed by atoms with Gasteiger partial charge in [-0.15, -0.1) is 0 Å². The molecule has 0 aliphatic carbocycles. The minimum Gasteiger partial charge on any atom is -0.356 e. The Labute approximate surface area is 155 Å². The zero-order valence-corrected chi connectivity index (χ0v) is 15.0. The maximum Gasteiger partial charge on any atom is 0.433 e. The second-order valence-corrected chi connectivity index (χ2v) is 6.69. The normalized spacial score (nSPS) is 15.6. The number of anilines is 1. The highest BCUT2D eigenvalue weighted by molar-refractivity contribution is 5.79. The summed E-state index contributed by atoms with van der Waals surface area (Å²) in [5.41, 5.74) is 1.13. The third-order valence-electron chi connectivity index (χ3n) is 4.74. The maximum absolute atomic E-state index is 12.8. The van der Waals surface area contributed by atoms with Crippen LogP contribution in [-0.2, 0) is 17.4 Å². The largest absolute Gasteiger partial charge is 0.433 e. The first-order chi connectivity index (χ1) is 12.8. The molecule has 0 atom stereocenters. The Kier molecular flexibility index (Phi) is 5.62. The van der Waals surface area contributed by atoms with Crippen molar-refractivity contribution >= 4 is 11.7 Å². The van der Waals surface area contributed by atoms with Gasteiger partial charge in [-0.3, -0.25) is 4.79 Å². The number of nitrogens with zero attached hydrogens (tertiary/aromatic N) is 3. The van der Waals surface area contributed by atoms with Crippen molar-refractivity contribution in [1.29, 1.82) is 0 Å². The second kappa shape index (κ2) is 7.94. The lowest BCUT2D eigenvalue weighted by Gasteiger charge is -2.33. The molecule has 144 valence electrons. The quantitative estimate of drug-likeness (QED) is 0.888. The van der Waals surface area contributed by atoms with Gasteiger partial charge in [-0.05, 0) is 30.9 Å². The molecule has 1 saturated heterocycles. The Morgan fingerprint density at radius 2 is 1.93 bits per heavy atom. The number of amides is 1. The molecule has 1 aromatic carbocycles. The molecule has 3 rings (SSSR count). The molecule has 0 unspecified atom stereocenters. The van der Waals surface area contributed by atoms with Crippen molar-refractivity contribution in [3.63, 3.8) is 0 Å². The van der Waals surface area contributed by atoms with Gasteiger partial charge in [0.05, 0.1) is 6.42 Å². The molecule has 1 aliphatic rings. The van der Waals surface area contributed by atoms with E-state index in [1.807, 2.05) is 31.2 Å². The summed E-state index contributed by atoms with van der Waals surface area (Å²) in [5.74, 6) is 0.228. The SMILES string of the molecule is Cc1ccccc1CC(=O)NC1CCN(c2cc(C(F)(F)F)ncn2)CC1. The number of hydrogen-bond donors (Lipinski definition) is 1. The highest BCUT2D eigenvalue weighted by Crippen LogP contribution is 2.29. The van der Waals surface area contributed by atoms with Crippen molar-refractivity contribution in [1.82, 2.24) is 15.3 Å². The standard InChI is InChI=1S/C19H21F3N4O/c1-13-4-2-3-5-14(13)10-18(27)25-15-6-8-26(9-7-15)17-11-16(19(20,21)22)23-12-24-17/h2-5,11-12,15H,6-10H2,1H3,(H,25,27). The summed E-state index contributed by atoms with van der Waals surface area (Å²) in [4.78, 5) is 21.3. The summed E-state index contributed by atoms with van der Waals surface area (Å²) >= 11 is 0. The zero-order valence-electron chi connectivity index (χ0n) is 15.0. The van der Waals surface area contributed by atoms with E-state index in [4.69, 9.17) is 0 Å². The van der Waals surface area contributed by atoms with Crippen molar-refractivity contribution in [2.45, 2.75) is 38.4 Å². The smallest absolute Gasteiger partial charge is 0.356 e. The zero-order chi connectivity index (χ0) is 19.4. The molecule has 1 aliphatic heterocycles. The van der Waals surface area contributed by atoms with E-state index >= 15 is 0 Å².